The number of alkyl halides is 9. The predicted octanol–water partition coefficient (Wildman–Crippen LogP) is 7.32. The second kappa shape index (κ2) is 7.64. The fraction of sp³-hybridized carbons (Fsp3) is 0.235. The monoisotopic (exact) mass is 600 g/mol. The second-order valence-electron chi connectivity index (χ2n) is 5.64. The minimum atomic E-state index is -6.84. The highest BCUT2D eigenvalue weighted by molar-refractivity contribution is 14.1. The Hall–Kier alpha value is -1.49. The highest BCUT2D eigenvalue weighted by Gasteiger charge is 2.82. The fourth-order valence-corrected chi connectivity index (χ4v) is 4.09. The first-order valence-electron chi connectivity index (χ1n) is 7.20. The van der Waals surface area contributed by atoms with Crippen molar-refractivity contribution in [2.75, 3.05) is 0 Å². The van der Waals surface area contributed by atoms with E-state index in [2.05, 4.69) is 22.0 Å². The average Bonchev–Trinajstić information content (AvgIpc) is 2.58. The molecule has 2 rings (SSSR count). The van der Waals surface area contributed by atoms with E-state index in [4.69, 9.17) is 5.26 Å². The van der Waals surface area contributed by atoms with Crippen molar-refractivity contribution in [3.8, 4) is 17.2 Å². The van der Waals surface area contributed by atoms with Gasteiger partial charge < -0.3 is 0 Å². The summed E-state index contributed by atoms with van der Waals surface area (Å²) in [7, 11) is 0. The molecule has 2 aromatic rings. The molecule has 1 unspecified atom stereocenters. The molecular weight excluding hydrogens is 596 g/mol. The van der Waals surface area contributed by atoms with Crippen molar-refractivity contribution in [3.05, 3.63) is 55.6 Å². The summed E-state index contributed by atoms with van der Waals surface area (Å²) in [5.41, 5.74) is -9.24. The lowest BCUT2D eigenvalue weighted by atomic mass is 9.82. The summed E-state index contributed by atoms with van der Waals surface area (Å²) in [6.45, 7) is 0. The van der Waals surface area contributed by atoms with Crippen LogP contribution in [0.1, 0.15) is 11.1 Å². The third-order valence-electron chi connectivity index (χ3n) is 3.84. The summed E-state index contributed by atoms with van der Waals surface area (Å²) in [5, 5.41) is 8.78. The van der Waals surface area contributed by atoms with Gasteiger partial charge in [0.25, 0.3) is 0 Å². The molecule has 155 valence electrons. The van der Waals surface area contributed by atoms with Crippen LogP contribution in [0.5, 0.6) is 0 Å². The summed E-state index contributed by atoms with van der Waals surface area (Å²) >= 11 is 4.07. The van der Waals surface area contributed by atoms with Crippen molar-refractivity contribution in [2.24, 2.45) is 0 Å². The first-order valence-corrected chi connectivity index (χ1v) is 9.07. The van der Waals surface area contributed by atoms with Crippen molar-refractivity contribution in [3.63, 3.8) is 0 Å². The lowest BCUT2D eigenvalue weighted by molar-refractivity contribution is -0.389. The van der Waals surface area contributed by atoms with E-state index in [1.165, 1.54) is 22.6 Å². The molecule has 12 heteroatoms. The summed E-state index contributed by atoms with van der Waals surface area (Å²) in [6.07, 6.45) is -13.5. The molecule has 0 aliphatic carbocycles. The van der Waals surface area contributed by atoms with Crippen LogP contribution in [0, 0.1) is 21.0 Å². The zero-order chi connectivity index (χ0) is 22.4. The molecule has 1 atom stereocenters. The van der Waals surface area contributed by atoms with Crippen molar-refractivity contribution >= 4 is 38.5 Å². The molecule has 1 nitrogen and oxygen atoms in total. The highest BCUT2D eigenvalue weighted by atomic mass is 127. The van der Waals surface area contributed by atoms with Gasteiger partial charge in [-0.1, -0.05) is 12.1 Å². The number of halogens is 11. The molecular formula is C17H5BrF9IN. The van der Waals surface area contributed by atoms with Crippen LogP contribution in [-0.2, 0) is 5.67 Å². The van der Waals surface area contributed by atoms with E-state index < -0.39 is 39.5 Å². The minimum absolute atomic E-state index is 0.0314. The molecule has 1 radical (unpaired) electrons. The first kappa shape index (κ1) is 23.8. The van der Waals surface area contributed by atoms with Crippen LogP contribution >= 0.6 is 38.5 Å². The van der Waals surface area contributed by atoms with E-state index >= 15 is 4.39 Å². The number of rotatable bonds is 3. The molecule has 0 N–H and O–H groups in total. The smallest absolute Gasteiger partial charge is 0.221 e. The summed E-state index contributed by atoms with van der Waals surface area (Å²) in [6, 6.07) is 8.47. The quantitative estimate of drug-likeness (QED) is 0.268. The number of nitriles is 1. The molecule has 29 heavy (non-hydrogen) atoms. The summed E-state index contributed by atoms with van der Waals surface area (Å²) < 4.78 is 121. The fourth-order valence-electron chi connectivity index (χ4n) is 2.48. The van der Waals surface area contributed by atoms with Crippen LogP contribution in [0.15, 0.2) is 34.8 Å². The van der Waals surface area contributed by atoms with Gasteiger partial charge in [-0.15, -0.1) is 0 Å². The lowest BCUT2D eigenvalue weighted by Crippen LogP contribution is -2.60. The molecule has 0 fully saturated rings. The standard InChI is InChI=1S/C17H5BrF9IN/c18-12-6-10(28)5-11(13(12)9-3-1-8(7-29)2-4-9)14(19,16(22,23)24)15(20,21)17(25,26)27/h1-5H. The molecule has 0 saturated carbocycles. The molecule has 0 saturated heterocycles. The molecule has 2 aromatic carbocycles. The van der Waals surface area contributed by atoms with Crippen LogP contribution in [-0.4, -0.2) is 18.3 Å². The van der Waals surface area contributed by atoms with Gasteiger partial charge in [0.05, 0.1) is 11.6 Å². The zero-order valence-electron chi connectivity index (χ0n) is 13.5. The van der Waals surface area contributed by atoms with E-state index in [0.717, 1.165) is 24.3 Å². The van der Waals surface area contributed by atoms with E-state index in [1.54, 1.807) is 6.07 Å². The summed E-state index contributed by atoms with van der Waals surface area (Å²) in [4.78, 5) is 0. The van der Waals surface area contributed by atoms with Crippen molar-refractivity contribution in [1.29, 1.82) is 5.26 Å². The van der Waals surface area contributed by atoms with E-state index in [9.17, 15) is 35.1 Å². The average molecular weight is 601 g/mol. The maximum atomic E-state index is 15.1. The molecule has 0 aliphatic rings. The molecule has 0 bridgehead atoms. The zero-order valence-corrected chi connectivity index (χ0v) is 17.2. The highest BCUT2D eigenvalue weighted by Crippen LogP contribution is 2.60. The Morgan fingerprint density at radius 1 is 0.897 bits per heavy atom. The molecule has 0 amide bonds. The van der Waals surface area contributed by atoms with Gasteiger partial charge in [-0.05, 0) is 62.3 Å². The predicted molar refractivity (Wildman–Crippen MR) is 95.7 cm³/mol. The van der Waals surface area contributed by atoms with Gasteiger partial charge in [0.1, 0.15) is 0 Å². The number of hydrogen-bond acceptors (Lipinski definition) is 1. The van der Waals surface area contributed by atoms with Gasteiger partial charge in [-0.25, -0.2) is 4.39 Å². The Kier molecular flexibility index (Phi) is 6.27. The van der Waals surface area contributed by atoms with Crippen LogP contribution in [0.4, 0.5) is 39.5 Å². The van der Waals surface area contributed by atoms with Gasteiger partial charge in [0.2, 0.25) is 0 Å². The Morgan fingerprint density at radius 3 is 1.83 bits per heavy atom. The van der Waals surface area contributed by atoms with Gasteiger partial charge in [-0.2, -0.15) is 40.4 Å². The molecule has 0 aliphatic heterocycles. The van der Waals surface area contributed by atoms with Crippen molar-refractivity contribution in [1.82, 2.24) is 0 Å². The van der Waals surface area contributed by atoms with Gasteiger partial charge in [0, 0.05) is 25.2 Å². The largest absolute Gasteiger partial charge is 0.457 e. The van der Waals surface area contributed by atoms with Crippen LogP contribution in [0.3, 0.4) is 0 Å². The maximum absolute atomic E-state index is 15.1. The topological polar surface area (TPSA) is 23.8 Å². The first-order chi connectivity index (χ1) is 13.1. The van der Waals surface area contributed by atoms with Crippen LogP contribution < -0.4 is 0 Å². The van der Waals surface area contributed by atoms with E-state index in [-0.39, 0.29) is 20.8 Å². The van der Waals surface area contributed by atoms with Crippen LogP contribution in [0.2, 0.25) is 0 Å². The second-order valence-corrected chi connectivity index (χ2v) is 7.59. The van der Waals surface area contributed by atoms with Crippen molar-refractivity contribution < 1.29 is 39.5 Å². The Labute approximate surface area is 179 Å². The molecule has 0 spiro atoms. The van der Waals surface area contributed by atoms with Crippen molar-refractivity contribution in [2.45, 2.75) is 23.9 Å². The minimum Gasteiger partial charge on any atom is -0.221 e. The normalized spacial score (nSPS) is 15.0. The van der Waals surface area contributed by atoms with Gasteiger partial charge in [-0.3, -0.25) is 0 Å². The number of hydrogen-bond donors (Lipinski definition) is 0. The van der Waals surface area contributed by atoms with Gasteiger partial charge >= 0.3 is 23.9 Å². The maximum Gasteiger partial charge on any atom is 0.457 e. The molecule has 0 heterocycles. The lowest BCUT2D eigenvalue weighted by Gasteiger charge is -2.37. The Balaban J connectivity index is 2.98. The Morgan fingerprint density at radius 2 is 1.41 bits per heavy atom. The van der Waals surface area contributed by atoms with E-state index in [1.807, 2.05) is 0 Å². The van der Waals surface area contributed by atoms with Gasteiger partial charge in [0.15, 0.2) is 0 Å². The molecule has 0 aromatic heterocycles. The van der Waals surface area contributed by atoms with E-state index in [0.29, 0.717) is 0 Å². The number of nitrogens with zero attached hydrogens (tertiary/aromatic N) is 1. The SMILES string of the molecule is N#Cc1ccc(-c2c(Br)[c]c(I)cc2C(F)(C(F)(F)F)C(F)(F)C(F)(F)F)cc1. The number of benzene rings is 2. The third kappa shape index (κ3) is 3.95. The summed E-state index contributed by atoms with van der Waals surface area (Å²) in [5.74, 6) is -6.80. The third-order valence-corrected chi connectivity index (χ3v) is 5.02. The Bertz CT molecular complexity index is 961. The van der Waals surface area contributed by atoms with Crippen LogP contribution in [0.25, 0.3) is 11.1 Å².